The lowest BCUT2D eigenvalue weighted by atomic mass is 10.2. The molecule has 10 heteroatoms. The van der Waals surface area contributed by atoms with Gasteiger partial charge in [0.25, 0.3) is 5.56 Å². The molecule has 0 bridgehead atoms. The van der Waals surface area contributed by atoms with Crippen molar-refractivity contribution in [3.63, 3.8) is 0 Å². The summed E-state index contributed by atoms with van der Waals surface area (Å²) in [6.07, 6.45) is -3.04. The van der Waals surface area contributed by atoms with E-state index in [0.717, 1.165) is 22.9 Å². The Balaban J connectivity index is 1.80. The summed E-state index contributed by atoms with van der Waals surface area (Å²) >= 11 is 0.839. The molecule has 0 aliphatic heterocycles. The van der Waals surface area contributed by atoms with E-state index in [4.69, 9.17) is 0 Å². The molecule has 6 nitrogen and oxygen atoms in total. The number of rotatable bonds is 5. The van der Waals surface area contributed by atoms with Gasteiger partial charge in [-0.05, 0) is 18.6 Å². The molecule has 1 aromatic carbocycles. The third kappa shape index (κ3) is 4.16. The van der Waals surface area contributed by atoms with Gasteiger partial charge in [-0.15, -0.1) is 11.3 Å². The Morgan fingerprint density at radius 1 is 1.33 bits per heavy atom. The van der Waals surface area contributed by atoms with Gasteiger partial charge in [0.1, 0.15) is 11.6 Å². The van der Waals surface area contributed by atoms with E-state index < -0.39 is 29.4 Å². The van der Waals surface area contributed by atoms with E-state index in [1.54, 1.807) is 31.2 Å². The van der Waals surface area contributed by atoms with Crippen LogP contribution >= 0.6 is 11.3 Å². The molecule has 1 atom stereocenters. The van der Waals surface area contributed by atoms with Crippen LogP contribution in [0, 0.1) is 0 Å². The van der Waals surface area contributed by atoms with Gasteiger partial charge in [-0.1, -0.05) is 19.1 Å². The van der Waals surface area contributed by atoms with Crippen molar-refractivity contribution in [3.8, 4) is 0 Å². The van der Waals surface area contributed by atoms with Gasteiger partial charge in [-0.3, -0.25) is 14.2 Å². The Kier molecular flexibility index (Phi) is 5.26. The lowest BCUT2D eigenvalue weighted by Gasteiger charge is -2.16. The van der Waals surface area contributed by atoms with Crippen molar-refractivity contribution in [1.29, 1.82) is 0 Å². The number of nitrogens with zero attached hydrogens (tertiary/aromatic N) is 3. The Morgan fingerprint density at radius 3 is 2.74 bits per heavy atom. The predicted octanol–water partition coefficient (Wildman–Crippen LogP) is 3.14. The first-order valence-corrected chi connectivity index (χ1v) is 8.94. The minimum atomic E-state index is -4.53. The summed E-state index contributed by atoms with van der Waals surface area (Å²) in [4.78, 5) is 32.1. The Bertz CT molecular complexity index is 1030. The Hall–Kier alpha value is -2.75. The van der Waals surface area contributed by atoms with E-state index in [-0.39, 0.29) is 11.6 Å². The Labute approximate surface area is 155 Å². The molecule has 0 aliphatic carbocycles. The lowest BCUT2D eigenvalue weighted by molar-refractivity contribution is -0.140. The zero-order valence-corrected chi connectivity index (χ0v) is 15.0. The van der Waals surface area contributed by atoms with Crippen LogP contribution in [-0.4, -0.2) is 20.4 Å². The van der Waals surface area contributed by atoms with Crippen LogP contribution in [0.25, 0.3) is 11.0 Å². The van der Waals surface area contributed by atoms with Gasteiger partial charge in [-0.25, -0.2) is 9.97 Å². The average Bonchev–Trinajstić information content (AvgIpc) is 3.12. The monoisotopic (exact) mass is 396 g/mol. The summed E-state index contributed by atoms with van der Waals surface area (Å²) in [6.45, 7) is 1.46. The van der Waals surface area contributed by atoms with Crippen molar-refractivity contribution in [3.05, 3.63) is 56.9 Å². The van der Waals surface area contributed by atoms with E-state index in [1.165, 1.54) is 4.57 Å². The third-order valence-corrected chi connectivity index (χ3v) is 4.87. The minimum absolute atomic E-state index is 0.171. The van der Waals surface area contributed by atoms with Gasteiger partial charge in [0.05, 0.1) is 23.3 Å². The number of amides is 1. The number of halogens is 3. The number of para-hydroxylation sites is 2. The van der Waals surface area contributed by atoms with Crippen LogP contribution in [0.1, 0.15) is 30.1 Å². The molecule has 3 aromatic rings. The number of fused-ring (bicyclic) bond motifs is 1. The highest BCUT2D eigenvalue weighted by atomic mass is 32.1. The fourth-order valence-electron chi connectivity index (χ4n) is 2.58. The molecule has 0 aliphatic rings. The van der Waals surface area contributed by atoms with Gasteiger partial charge in [0.2, 0.25) is 5.91 Å². The number of thiazole rings is 1. The molecule has 27 heavy (non-hydrogen) atoms. The van der Waals surface area contributed by atoms with Gasteiger partial charge in [0, 0.05) is 5.38 Å². The molecule has 0 radical (unpaired) electrons. The third-order valence-electron chi connectivity index (χ3n) is 3.91. The van der Waals surface area contributed by atoms with E-state index in [1.807, 2.05) is 0 Å². The van der Waals surface area contributed by atoms with Crippen LogP contribution in [-0.2, 0) is 17.5 Å². The smallest absolute Gasteiger partial charge is 0.345 e. The van der Waals surface area contributed by atoms with Gasteiger partial charge in [-0.2, -0.15) is 13.2 Å². The Morgan fingerprint density at radius 2 is 2.07 bits per heavy atom. The summed E-state index contributed by atoms with van der Waals surface area (Å²) in [5.41, 5.74) is -0.356. The second-order valence-corrected chi connectivity index (χ2v) is 6.66. The number of alkyl halides is 3. The van der Waals surface area contributed by atoms with Crippen LogP contribution in [0.4, 0.5) is 13.2 Å². The van der Waals surface area contributed by atoms with Crippen molar-refractivity contribution in [1.82, 2.24) is 19.9 Å². The van der Waals surface area contributed by atoms with Gasteiger partial charge in [0.15, 0.2) is 5.69 Å². The van der Waals surface area contributed by atoms with Crippen molar-refractivity contribution in [2.45, 2.75) is 32.1 Å². The van der Waals surface area contributed by atoms with Crippen LogP contribution in [0.15, 0.2) is 40.6 Å². The summed E-state index contributed by atoms with van der Waals surface area (Å²) in [7, 11) is 0. The number of nitrogens with one attached hydrogen (secondary N) is 1. The van der Waals surface area contributed by atoms with Gasteiger partial charge >= 0.3 is 6.18 Å². The molecule has 0 fully saturated rings. The fraction of sp³-hybridized carbons (Fsp3) is 0.294. The summed E-state index contributed by atoms with van der Waals surface area (Å²) < 4.78 is 39.4. The number of carbonyl (C=O) groups excluding carboxylic acids is 1. The maximum Gasteiger partial charge on any atom is 0.434 e. The molecule has 1 amide bonds. The first kappa shape index (κ1) is 19.0. The molecule has 2 aromatic heterocycles. The van der Waals surface area contributed by atoms with E-state index in [0.29, 0.717) is 17.5 Å². The predicted molar refractivity (Wildman–Crippen MR) is 94.3 cm³/mol. The minimum Gasteiger partial charge on any atom is -0.345 e. The highest BCUT2D eigenvalue weighted by Crippen LogP contribution is 2.32. The van der Waals surface area contributed by atoms with Crippen LogP contribution in [0.3, 0.4) is 0 Å². The highest BCUT2D eigenvalue weighted by Gasteiger charge is 2.34. The zero-order chi connectivity index (χ0) is 19.6. The van der Waals surface area contributed by atoms with Gasteiger partial charge < -0.3 is 5.32 Å². The zero-order valence-electron chi connectivity index (χ0n) is 14.2. The maximum atomic E-state index is 12.7. The SMILES string of the molecule is CCC(NC(=O)Cn1c(=O)cnc2ccccc21)c1nc(C(F)(F)F)cs1. The molecule has 1 N–H and O–H groups in total. The number of aromatic nitrogens is 3. The summed E-state index contributed by atoms with van der Waals surface area (Å²) in [5, 5.41) is 3.74. The normalized spacial score (nSPS) is 12.9. The number of carbonyl (C=O) groups is 1. The molecular formula is C17H15F3N4O2S. The summed E-state index contributed by atoms with van der Waals surface area (Å²) in [6, 6.07) is 6.21. The largest absolute Gasteiger partial charge is 0.434 e. The molecule has 3 rings (SSSR count). The molecule has 1 unspecified atom stereocenters. The number of hydrogen-bond donors (Lipinski definition) is 1. The highest BCUT2D eigenvalue weighted by molar-refractivity contribution is 7.09. The van der Waals surface area contributed by atoms with Crippen molar-refractivity contribution in [2.75, 3.05) is 0 Å². The molecule has 142 valence electrons. The number of hydrogen-bond acceptors (Lipinski definition) is 5. The lowest BCUT2D eigenvalue weighted by Crippen LogP contribution is -2.34. The molecule has 0 saturated heterocycles. The number of benzene rings is 1. The van der Waals surface area contributed by atoms with Crippen LogP contribution in [0.2, 0.25) is 0 Å². The first-order valence-electron chi connectivity index (χ1n) is 8.06. The maximum absolute atomic E-state index is 12.7. The average molecular weight is 396 g/mol. The van der Waals surface area contributed by atoms with E-state index >= 15 is 0 Å². The topological polar surface area (TPSA) is 76.9 Å². The molecule has 0 saturated carbocycles. The standard InChI is InChI=1S/C17H15F3N4O2S/c1-2-10(16-23-13(9-27-16)17(18,19)20)22-14(25)8-24-12-6-4-3-5-11(12)21-7-15(24)26/h3-7,9-10H,2,8H2,1H3,(H,22,25). The van der Waals surface area contributed by atoms with Crippen molar-refractivity contribution in [2.24, 2.45) is 0 Å². The fourth-order valence-corrected chi connectivity index (χ4v) is 3.54. The van der Waals surface area contributed by atoms with Crippen LogP contribution < -0.4 is 10.9 Å². The van der Waals surface area contributed by atoms with Crippen molar-refractivity contribution >= 4 is 28.3 Å². The van der Waals surface area contributed by atoms with Crippen molar-refractivity contribution < 1.29 is 18.0 Å². The first-order chi connectivity index (χ1) is 12.8. The molecule has 2 heterocycles. The second kappa shape index (κ2) is 7.47. The molecule has 0 spiro atoms. The quantitative estimate of drug-likeness (QED) is 0.719. The second-order valence-electron chi connectivity index (χ2n) is 5.77. The summed E-state index contributed by atoms with van der Waals surface area (Å²) in [5.74, 6) is -0.496. The van der Waals surface area contributed by atoms with Crippen LogP contribution in [0.5, 0.6) is 0 Å². The van der Waals surface area contributed by atoms with E-state index in [9.17, 15) is 22.8 Å². The van der Waals surface area contributed by atoms with E-state index in [2.05, 4.69) is 15.3 Å². The molecular weight excluding hydrogens is 381 g/mol.